The molecule has 2 heterocycles. The molecule has 0 aromatic heterocycles. The molecule has 0 spiro atoms. The van der Waals surface area contributed by atoms with Crippen molar-refractivity contribution < 1.29 is 0 Å². The van der Waals surface area contributed by atoms with Crippen LogP contribution in [0.4, 0.5) is 0 Å². The highest BCUT2D eigenvalue weighted by atomic mass is 32.2. The summed E-state index contributed by atoms with van der Waals surface area (Å²) in [6.07, 6.45) is 0. The first kappa shape index (κ1) is 31.4. The Bertz CT molecular complexity index is 2900. The molecule has 0 saturated carbocycles. The van der Waals surface area contributed by atoms with E-state index in [0.29, 0.717) is 0 Å². The molecule has 1 unspecified atom stereocenters. The van der Waals surface area contributed by atoms with Crippen molar-refractivity contribution in [2.75, 3.05) is 0 Å². The minimum absolute atomic E-state index is 0.0699. The number of thioether (sulfide) groups is 1. The van der Waals surface area contributed by atoms with Gasteiger partial charge in [0.15, 0.2) is 0 Å². The molecule has 2 nitrogen and oxygen atoms in total. The van der Waals surface area contributed by atoms with Crippen molar-refractivity contribution in [3.63, 3.8) is 0 Å². The van der Waals surface area contributed by atoms with Gasteiger partial charge in [-0.05, 0) is 95.9 Å². The number of nitrogens with zero attached hydrogens (tertiary/aromatic N) is 1. The lowest BCUT2D eigenvalue weighted by Gasteiger charge is -2.27. The van der Waals surface area contributed by atoms with Crippen LogP contribution < -0.4 is 5.32 Å². The number of nitrogens with one attached hydrogen (secondary N) is 1. The highest BCUT2D eigenvalue weighted by Crippen LogP contribution is 2.57. The van der Waals surface area contributed by atoms with E-state index in [1.54, 1.807) is 0 Å². The quantitative estimate of drug-likeness (QED) is 0.197. The van der Waals surface area contributed by atoms with Crippen molar-refractivity contribution in [3.05, 3.63) is 203 Å². The number of benzene rings is 8. The SMILES string of the molecule is CC1(C)c2cc(C3=C4Sc5ccccc5C4NC(c4ccccc4)=N3)ccc2-c2c(-c3ccc(-c4ccc5ccccc5c4)cc3)cc3ccccc3c21. The van der Waals surface area contributed by atoms with Crippen LogP contribution in [0.25, 0.3) is 60.6 Å². The van der Waals surface area contributed by atoms with E-state index < -0.39 is 0 Å². The summed E-state index contributed by atoms with van der Waals surface area (Å²) in [7, 11) is 0. The predicted molar refractivity (Wildman–Crippen MR) is 228 cm³/mol. The van der Waals surface area contributed by atoms with Crippen LogP contribution in [0.2, 0.25) is 0 Å². The maximum Gasteiger partial charge on any atom is 0.134 e. The fourth-order valence-corrected chi connectivity index (χ4v) is 10.3. The Hall–Kier alpha value is -6.16. The van der Waals surface area contributed by atoms with Gasteiger partial charge in [-0.1, -0.05) is 171 Å². The standard InChI is InChI=1S/C51H36N2S/c1-51(2)43-30-38(47-49-48(41-18-10-11-19-44(41)54-49)53-50(52-47)34-13-4-3-5-14-34)26-27-40(43)45-42(29-37-16-8-9-17-39(37)46(45)51)33-23-20-32(21-24-33)36-25-22-31-12-6-7-15-35(31)28-36/h3-30,48H,1-2H3,(H,52,53). The molecule has 0 bridgehead atoms. The number of rotatable bonds is 4. The van der Waals surface area contributed by atoms with Crippen molar-refractivity contribution in [2.24, 2.45) is 4.99 Å². The second-order valence-corrected chi connectivity index (χ2v) is 16.3. The Morgan fingerprint density at radius 2 is 1.22 bits per heavy atom. The Balaban J connectivity index is 1.07. The van der Waals surface area contributed by atoms with Gasteiger partial charge < -0.3 is 5.32 Å². The van der Waals surface area contributed by atoms with Gasteiger partial charge in [-0.25, -0.2) is 4.99 Å². The maximum atomic E-state index is 5.40. The molecule has 54 heavy (non-hydrogen) atoms. The van der Waals surface area contributed by atoms with Crippen LogP contribution in [0, 0.1) is 0 Å². The normalized spacial score (nSPS) is 16.4. The van der Waals surface area contributed by atoms with Crippen LogP contribution >= 0.6 is 11.8 Å². The summed E-state index contributed by atoms with van der Waals surface area (Å²) >= 11 is 1.85. The number of amidine groups is 1. The monoisotopic (exact) mass is 708 g/mol. The zero-order valence-electron chi connectivity index (χ0n) is 30.1. The topological polar surface area (TPSA) is 24.4 Å². The van der Waals surface area contributed by atoms with Crippen molar-refractivity contribution in [2.45, 2.75) is 30.2 Å². The summed E-state index contributed by atoms with van der Waals surface area (Å²) in [5.74, 6) is 0.917. The van der Waals surface area contributed by atoms with E-state index in [9.17, 15) is 0 Å². The molecular weight excluding hydrogens is 673 g/mol. The molecule has 1 N–H and O–H groups in total. The van der Waals surface area contributed by atoms with Crippen molar-refractivity contribution >= 4 is 44.8 Å². The molecule has 3 aliphatic rings. The van der Waals surface area contributed by atoms with Crippen LogP contribution in [0.1, 0.15) is 47.7 Å². The Morgan fingerprint density at radius 1 is 0.537 bits per heavy atom. The van der Waals surface area contributed by atoms with Crippen LogP contribution in [-0.2, 0) is 5.41 Å². The van der Waals surface area contributed by atoms with Crippen molar-refractivity contribution in [1.82, 2.24) is 5.32 Å². The minimum Gasteiger partial charge on any atom is -0.358 e. The number of aliphatic imine (C=N–C) groups is 1. The van der Waals surface area contributed by atoms with E-state index in [0.717, 1.165) is 22.7 Å². The van der Waals surface area contributed by atoms with E-state index in [2.05, 4.69) is 189 Å². The van der Waals surface area contributed by atoms with Gasteiger partial charge in [0, 0.05) is 26.3 Å². The third-order valence-corrected chi connectivity index (χ3v) is 12.9. The van der Waals surface area contributed by atoms with Crippen LogP contribution in [0.3, 0.4) is 0 Å². The Morgan fingerprint density at radius 3 is 2.07 bits per heavy atom. The van der Waals surface area contributed by atoms with Gasteiger partial charge in [0.1, 0.15) is 5.84 Å². The molecule has 1 atom stereocenters. The van der Waals surface area contributed by atoms with Gasteiger partial charge in [0.25, 0.3) is 0 Å². The number of hydrogen-bond donors (Lipinski definition) is 1. The van der Waals surface area contributed by atoms with E-state index in [4.69, 9.17) is 4.99 Å². The average molecular weight is 709 g/mol. The molecule has 0 saturated heterocycles. The molecule has 1 aliphatic carbocycles. The molecule has 8 aromatic carbocycles. The Labute approximate surface area is 319 Å². The molecule has 8 aromatic rings. The fraction of sp³-hybridized carbons (Fsp3) is 0.0784. The molecule has 0 radical (unpaired) electrons. The largest absolute Gasteiger partial charge is 0.358 e. The first-order valence-corrected chi connectivity index (χ1v) is 19.6. The lowest BCUT2D eigenvalue weighted by atomic mass is 9.79. The van der Waals surface area contributed by atoms with Crippen molar-refractivity contribution in [3.8, 4) is 33.4 Å². The first-order chi connectivity index (χ1) is 26.5. The number of fused-ring (bicyclic) bond motifs is 9. The molecule has 256 valence electrons. The second-order valence-electron chi connectivity index (χ2n) is 15.2. The maximum absolute atomic E-state index is 5.40. The lowest BCUT2D eigenvalue weighted by molar-refractivity contribution is 0.666. The lowest BCUT2D eigenvalue weighted by Crippen LogP contribution is -2.32. The number of hydrogen-bond acceptors (Lipinski definition) is 3. The third-order valence-electron chi connectivity index (χ3n) is 11.7. The molecule has 11 rings (SSSR count). The summed E-state index contributed by atoms with van der Waals surface area (Å²) in [5, 5.41) is 8.93. The van der Waals surface area contributed by atoms with Gasteiger partial charge >= 0.3 is 0 Å². The summed E-state index contributed by atoms with van der Waals surface area (Å²) in [6.45, 7) is 4.81. The highest BCUT2D eigenvalue weighted by Gasteiger charge is 2.40. The molecule has 0 amide bonds. The van der Waals surface area contributed by atoms with E-state index in [1.165, 1.54) is 81.4 Å². The minimum atomic E-state index is -0.226. The van der Waals surface area contributed by atoms with Crippen molar-refractivity contribution in [1.29, 1.82) is 0 Å². The van der Waals surface area contributed by atoms with Gasteiger partial charge in [0.2, 0.25) is 0 Å². The van der Waals surface area contributed by atoms with E-state index in [1.807, 2.05) is 11.8 Å². The molecular formula is C51H36N2S. The van der Waals surface area contributed by atoms with Gasteiger partial charge in [-0.2, -0.15) is 0 Å². The highest BCUT2D eigenvalue weighted by molar-refractivity contribution is 8.03. The summed E-state index contributed by atoms with van der Waals surface area (Å²) < 4.78 is 0. The molecule has 0 fully saturated rings. The van der Waals surface area contributed by atoms with E-state index >= 15 is 0 Å². The predicted octanol–water partition coefficient (Wildman–Crippen LogP) is 13.2. The molecule has 2 aliphatic heterocycles. The smallest absolute Gasteiger partial charge is 0.134 e. The first-order valence-electron chi connectivity index (χ1n) is 18.7. The zero-order chi connectivity index (χ0) is 36.0. The Kier molecular flexibility index (Phi) is 6.93. The molecule has 3 heteroatoms. The van der Waals surface area contributed by atoms with Gasteiger partial charge in [0.05, 0.1) is 11.7 Å². The van der Waals surface area contributed by atoms with Gasteiger partial charge in [-0.3, -0.25) is 0 Å². The second kappa shape index (κ2) is 11.9. The van der Waals surface area contributed by atoms with E-state index in [-0.39, 0.29) is 11.5 Å². The summed E-state index contributed by atoms with van der Waals surface area (Å²) in [4.78, 5) is 7.96. The zero-order valence-corrected chi connectivity index (χ0v) is 30.9. The van der Waals surface area contributed by atoms with Crippen LogP contribution in [-0.4, -0.2) is 5.84 Å². The van der Waals surface area contributed by atoms with Crippen LogP contribution in [0.5, 0.6) is 0 Å². The summed E-state index contributed by atoms with van der Waals surface area (Å²) in [6, 6.07) is 62.3. The average Bonchev–Trinajstić information content (AvgIpc) is 3.72. The third kappa shape index (κ3) is 4.78. The fourth-order valence-electron chi connectivity index (χ4n) is 9.02. The summed E-state index contributed by atoms with van der Waals surface area (Å²) in [5.41, 5.74) is 14.8. The van der Waals surface area contributed by atoms with Gasteiger partial charge in [-0.15, -0.1) is 0 Å². The van der Waals surface area contributed by atoms with Crippen LogP contribution in [0.15, 0.2) is 185 Å².